The summed E-state index contributed by atoms with van der Waals surface area (Å²) in [6, 6.07) is 5.76. The first-order valence-electron chi connectivity index (χ1n) is 5.80. The van der Waals surface area contributed by atoms with Gasteiger partial charge in [0.1, 0.15) is 0 Å². The zero-order valence-electron chi connectivity index (χ0n) is 10.3. The fourth-order valence-electron chi connectivity index (χ4n) is 1.60. The minimum Gasteiger partial charge on any atom is -0.380 e. The van der Waals surface area contributed by atoms with E-state index in [9.17, 15) is 4.79 Å². The quantitative estimate of drug-likeness (QED) is 0.572. The van der Waals surface area contributed by atoms with E-state index in [1.54, 1.807) is 0 Å². The van der Waals surface area contributed by atoms with Crippen LogP contribution in [0.2, 0.25) is 0 Å². The Hall–Kier alpha value is -0.870. The Morgan fingerprint density at radius 3 is 2.71 bits per heavy atom. The number of ether oxygens (including phenoxy) is 1. The number of halogens is 1. The molecule has 3 nitrogen and oxygen atoms in total. The van der Waals surface area contributed by atoms with Gasteiger partial charge in [0.05, 0.1) is 6.61 Å². The van der Waals surface area contributed by atoms with E-state index >= 15 is 0 Å². The number of aldehydes is 1. The van der Waals surface area contributed by atoms with Crippen LogP contribution in [0.4, 0.5) is 5.69 Å². The Balaban J connectivity index is 2.74. The molecule has 0 atom stereocenters. The first-order valence-corrected chi connectivity index (χ1v) is 6.59. The second-order valence-electron chi connectivity index (χ2n) is 3.60. The van der Waals surface area contributed by atoms with Gasteiger partial charge in [-0.3, -0.25) is 4.79 Å². The summed E-state index contributed by atoms with van der Waals surface area (Å²) in [7, 11) is 0. The Kier molecular flexibility index (Phi) is 6.22. The standard InChI is InChI=1S/C13H18BrNO2/c1-3-15(7-8-17-4-2)12-6-5-11(10-16)13(14)9-12/h5-6,9-10H,3-4,7-8H2,1-2H3. The molecule has 0 amide bonds. The molecule has 0 N–H and O–H groups in total. The lowest BCUT2D eigenvalue weighted by molar-refractivity contribution is 0.112. The maximum atomic E-state index is 10.7. The molecule has 17 heavy (non-hydrogen) atoms. The second-order valence-corrected chi connectivity index (χ2v) is 4.45. The number of rotatable bonds is 7. The zero-order valence-corrected chi connectivity index (χ0v) is 11.9. The largest absolute Gasteiger partial charge is 0.380 e. The number of benzene rings is 1. The molecule has 0 aliphatic rings. The van der Waals surface area contributed by atoms with Gasteiger partial charge in [-0.15, -0.1) is 0 Å². The average molecular weight is 300 g/mol. The summed E-state index contributed by atoms with van der Waals surface area (Å²) < 4.78 is 6.19. The Labute approximate surface area is 111 Å². The van der Waals surface area contributed by atoms with Gasteiger partial charge in [0.2, 0.25) is 0 Å². The molecule has 0 heterocycles. The molecule has 0 saturated heterocycles. The third-order valence-corrected chi connectivity index (χ3v) is 3.25. The van der Waals surface area contributed by atoms with E-state index < -0.39 is 0 Å². The molecule has 0 spiro atoms. The van der Waals surface area contributed by atoms with Crippen LogP contribution in [-0.4, -0.2) is 32.6 Å². The molecular formula is C13H18BrNO2. The number of hydrogen-bond donors (Lipinski definition) is 0. The van der Waals surface area contributed by atoms with E-state index in [2.05, 4.69) is 27.8 Å². The van der Waals surface area contributed by atoms with Gasteiger partial charge in [-0.25, -0.2) is 0 Å². The lowest BCUT2D eigenvalue weighted by Gasteiger charge is -2.23. The van der Waals surface area contributed by atoms with Crippen molar-refractivity contribution in [2.75, 3.05) is 31.2 Å². The van der Waals surface area contributed by atoms with Crippen LogP contribution in [0, 0.1) is 0 Å². The first-order chi connectivity index (χ1) is 8.22. The van der Waals surface area contributed by atoms with Crippen molar-refractivity contribution in [3.63, 3.8) is 0 Å². The van der Waals surface area contributed by atoms with Crippen molar-refractivity contribution < 1.29 is 9.53 Å². The Bertz CT molecular complexity index is 368. The van der Waals surface area contributed by atoms with E-state index in [4.69, 9.17) is 4.74 Å². The maximum Gasteiger partial charge on any atom is 0.151 e. The van der Waals surface area contributed by atoms with Gasteiger partial charge >= 0.3 is 0 Å². The molecule has 0 fully saturated rings. The summed E-state index contributed by atoms with van der Waals surface area (Å²) in [6.45, 7) is 7.33. The number of anilines is 1. The van der Waals surface area contributed by atoms with Crippen LogP contribution in [-0.2, 0) is 4.74 Å². The van der Waals surface area contributed by atoms with Crippen molar-refractivity contribution in [2.24, 2.45) is 0 Å². The van der Waals surface area contributed by atoms with Crippen LogP contribution >= 0.6 is 15.9 Å². The van der Waals surface area contributed by atoms with Gasteiger partial charge in [0, 0.05) is 35.4 Å². The minimum atomic E-state index is 0.676. The lowest BCUT2D eigenvalue weighted by Crippen LogP contribution is -2.27. The SMILES string of the molecule is CCOCCN(CC)c1ccc(C=O)c(Br)c1. The average Bonchev–Trinajstić information content (AvgIpc) is 2.35. The number of carbonyl (C=O) groups excluding carboxylic acids is 1. The highest BCUT2D eigenvalue weighted by atomic mass is 79.9. The van der Waals surface area contributed by atoms with Crippen molar-refractivity contribution in [3.8, 4) is 0 Å². The fourth-order valence-corrected chi connectivity index (χ4v) is 2.06. The van der Waals surface area contributed by atoms with Crippen LogP contribution in [0.1, 0.15) is 24.2 Å². The van der Waals surface area contributed by atoms with Crippen LogP contribution in [0.25, 0.3) is 0 Å². The van der Waals surface area contributed by atoms with Gasteiger partial charge < -0.3 is 9.64 Å². The molecule has 1 aromatic carbocycles. The molecule has 0 saturated carbocycles. The molecule has 0 unspecified atom stereocenters. The molecule has 0 aliphatic heterocycles. The van der Waals surface area contributed by atoms with Crippen molar-refractivity contribution in [3.05, 3.63) is 28.2 Å². The zero-order chi connectivity index (χ0) is 12.7. The lowest BCUT2D eigenvalue weighted by atomic mass is 10.2. The normalized spacial score (nSPS) is 10.3. The number of likely N-dealkylation sites (N-methyl/N-ethyl adjacent to an activating group) is 1. The smallest absolute Gasteiger partial charge is 0.151 e. The third-order valence-electron chi connectivity index (χ3n) is 2.57. The van der Waals surface area contributed by atoms with Crippen molar-refractivity contribution in [2.45, 2.75) is 13.8 Å². The molecule has 1 rings (SSSR count). The molecule has 0 aromatic heterocycles. The van der Waals surface area contributed by atoms with Crippen molar-refractivity contribution in [1.29, 1.82) is 0 Å². The summed E-state index contributed by atoms with van der Waals surface area (Å²) >= 11 is 3.40. The van der Waals surface area contributed by atoms with E-state index in [-0.39, 0.29) is 0 Å². The molecule has 4 heteroatoms. The molecule has 0 radical (unpaired) electrons. The van der Waals surface area contributed by atoms with E-state index in [0.717, 1.165) is 42.7 Å². The highest BCUT2D eigenvalue weighted by Gasteiger charge is 2.06. The molecule has 0 bridgehead atoms. The highest BCUT2D eigenvalue weighted by molar-refractivity contribution is 9.10. The summed E-state index contributed by atoms with van der Waals surface area (Å²) in [5.41, 5.74) is 1.78. The van der Waals surface area contributed by atoms with E-state index in [1.165, 1.54) is 0 Å². The van der Waals surface area contributed by atoms with Crippen LogP contribution in [0.3, 0.4) is 0 Å². The summed E-state index contributed by atoms with van der Waals surface area (Å²) in [5, 5.41) is 0. The van der Waals surface area contributed by atoms with Crippen LogP contribution in [0.5, 0.6) is 0 Å². The number of carbonyl (C=O) groups is 1. The van der Waals surface area contributed by atoms with Gasteiger partial charge in [0.25, 0.3) is 0 Å². The summed E-state index contributed by atoms with van der Waals surface area (Å²) in [5.74, 6) is 0. The predicted molar refractivity (Wildman–Crippen MR) is 73.9 cm³/mol. The fraction of sp³-hybridized carbons (Fsp3) is 0.462. The monoisotopic (exact) mass is 299 g/mol. The van der Waals surface area contributed by atoms with E-state index in [0.29, 0.717) is 5.56 Å². The Morgan fingerprint density at radius 2 is 2.18 bits per heavy atom. The Morgan fingerprint density at radius 1 is 1.41 bits per heavy atom. The van der Waals surface area contributed by atoms with Crippen molar-refractivity contribution in [1.82, 2.24) is 0 Å². The van der Waals surface area contributed by atoms with Crippen LogP contribution < -0.4 is 4.90 Å². The summed E-state index contributed by atoms with van der Waals surface area (Å²) in [4.78, 5) is 12.9. The third kappa shape index (κ3) is 4.13. The molecule has 94 valence electrons. The molecular weight excluding hydrogens is 282 g/mol. The number of nitrogens with zero attached hydrogens (tertiary/aromatic N) is 1. The van der Waals surface area contributed by atoms with Gasteiger partial charge in [-0.2, -0.15) is 0 Å². The van der Waals surface area contributed by atoms with E-state index in [1.807, 2.05) is 25.1 Å². The highest BCUT2D eigenvalue weighted by Crippen LogP contribution is 2.23. The topological polar surface area (TPSA) is 29.5 Å². The minimum absolute atomic E-state index is 0.676. The second kappa shape index (κ2) is 7.45. The van der Waals surface area contributed by atoms with Gasteiger partial charge in [-0.1, -0.05) is 0 Å². The van der Waals surface area contributed by atoms with Crippen LogP contribution in [0.15, 0.2) is 22.7 Å². The van der Waals surface area contributed by atoms with Gasteiger partial charge in [0.15, 0.2) is 6.29 Å². The first kappa shape index (κ1) is 14.2. The molecule has 0 aliphatic carbocycles. The summed E-state index contributed by atoms with van der Waals surface area (Å²) in [6.07, 6.45) is 0.852. The maximum absolute atomic E-state index is 10.7. The predicted octanol–water partition coefficient (Wildman–Crippen LogP) is 3.12. The van der Waals surface area contributed by atoms with Gasteiger partial charge in [-0.05, 0) is 48.0 Å². The van der Waals surface area contributed by atoms with Crippen molar-refractivity contribution >= 4 is 27.9 Å². The molecule has 1 aromatic rings. The number of hydrogen-bond acceptors (Lipinski definition) is 3.